The van der Waals surface area contributed by atoms with Crippen molar-refractivity contribution in [2.45, 2.75) is 12.8 Å². The molecule has 21 heavy (non-hydrogen) atoms. The molecule has 3 heterocycles. The fourth-order valence-electron chi connectivity index (χ4n) is 2.82. The van der Waals surface area contributed by atoms with Gasteiger partial charge in [0.15, 0.2) is 5.65 Å². The topological polar surface area (TPSA) is 44.8 Å². The van der Waals surface area contributed by atoms with E-state index in [0.717, 1.165) is 27.0 Å². The van der Waals surface area contributed by atoms with Crippen LogP contribution in [0.2, 0.25) is 0 Å². The van der Waals surface area contributed by atoms with Gasteiger partial charge < -0.3 is 9.88 Å². The van der Waals surface area contributed by atoms with Crippen LogP contribution in [0.15, 0.2) is 41.0 Å². The number of nitrogens with zero attached hydrogens (tertiary/aromatic N) is 3. The number of H-pyrrole nitrogens is 1. The molecule has 0 saturated carbocycles. The summed E-state index contributed by atoms with van der Waals surface area (Å²) in [5.41, 5.74) is 4.08. The maximum Gasteiger partial charge on any atom is 0.178 e. The molecular weight excluding hydrogens is 328 g/mol. The summed E-state index contributed by atoms with van der Waals surface area (Å²) >= 11 is 3.43. The number of hydrogen-bond acceptors (Lipinski definition) is 3. The molecule has 0 atom stereocenters. The van der Waals surface area contributed by atoms with Crippen molar-refractivity contribution in [3.8, 4) is 11.4 Å². The average Bonchev–Trinajstić information content (AvgIpc) is 3.16. The molecule has 4 rings (SSSR count). The van der Waals surface area contributed by atoms with Gasteiger partial charge in [-0.3, -0.25) is 0 Å². The van der Waals surface area contributed by atoms with Crippen LogP contribution < -0.4 is 4.90 Å². The van der Waals surface area contributed by atoms with Crippen LogP contribution in [0.1, 0.15) is 12.8 Å². The zero-order valence-corrected chi connectivity index (χ0v) is 13.1. The number of rotatable bonds is 2. The Labute approximate surface area is 131 Å². The number of nitrogens with one attached hydrogen (secondary N) is 1. The highest BCUT2D eigenvalue weighted by atomic mass is 79.9. The molecule has 0 unspecified atom stereocenters. The molecule has 106 valence electrons. The molecule has 1 aromatic carbocycles. The smallest absolute Gasteiger partial charge is 0.178 e. The van der Waals surface area contributed by atoms with E-state index in [1.807, 2.05) is 6.07 Å². The summed E-state index contributed by atoms with van der Waals surface area (Å²) in [6.45, 7) is 2.34. The van der Waals surface area contributed by atoms with Crippen molar-refractivity contribution in [2.75, 3.05) is 18.0 Å². The van der Waals surface area contributed by atoms with E-state index in [1.54, 1.807) is 6.20 Å². The number of halogens is 1. The van der Waals surface area contributed by atoms with Crippen molar-refractivity contribution in [3.63, 3.8) is 0 Å². The summed E-state index contributed by atoms with van der Waals surface area (Å²) in [5.74, 6) is 0.864. The largest absolute Gasteiger partial charge is 0.372 e. The molecule has 1 saturated heterocycles. The molecule has 0 bridgehead atoms. The summed E-state index contributed by atoms with van der Waals surface area (Å²) in [5, 5.41) is 0. The van der Waals surface area contributed by atoms with Gasteiger partial charge in [0.05, 0.1) is 5.52 Å². The lowest BCUT2D eigenvalue weighted by Crippen LogP contribution is -2.17. The van der Waals surface area contributed by atoms with E-state index in [4.69, 9.17) is 0 Å². The van der Waals surface area contributed by atoms with Crippen LogP contribution in [0.5, 0.6) is 0 Å². The van der Waals surface area contributed by atoms with Gasteiger partial charge >= 0.3 is 0 Å². The number of hydrogen-bond donors (Lipinski definition) is 1. The number of anilines is 1. The number of fused-ring (bicyclic) bond motifs is 1. The van der Waals surface area contributed by atoms with Crippen LogP contribution in [0.3, 0.4) is 0 Å². The lowest BCUT2D eigenvalue weighted by Gasteiger charge is -2.17. The van der Waals surface area contributed by atoms with Gasteiger partial charge in [-0.05, 0) is 59.1 Å². The van der Waals surface area contributed by atoms with Crippen molar-refractivity contribution in [2.24, 2.45) is 0 Å². The highest BCUT2D eigenvalue weighted by Crippen LogP contribution is 2.25. The van der Waals surface area contributed by atoms with Crippen molar-refractivity contribution in [1.82, 2.24) is 15.0 Å². The predicted octanol–water partition coefficient (Wildman–Crippen LogP) is 3.99. The normalized spacial score (nSPS) is 15.0. The number of aromatic nitrogens is 3. The maximum atomic E-state index is 4.55. The summed E-state index contributed by atoms with van der Waals surface area (Å²) in [7, 11) is 0. The Kier molecular flexibility index (Phi) is 3.15. The third-order valence-electron chi connectivity index (χ3n) is 3.92. The van der Waals surface area contributed by atoms with E-state index in [-0.39, 0.29) is 0 Å². The Morgan fingerprint density at radius 3 is 2.62 bits per heavy atom. The zero-order valence-electron chi connectivity index (χ0n) is 11.5. The molecule has 1 aliphatic rings. The van der Waals surface area contributed by atoms with Crippen LogP contribution in [0, 0.1) is 0 Å². The first-order chi connectivity index (χ1) is 10.3. The van der Waals surface area contributed by atoms with E-state index < -0.39 is 0 Å². The van der Waals surface area contributed by atoms with Gasteiger partial charge in [0.1, 0.15) is 5.82 Å². The molecule has 0 radical (unpaired) electrons. The van der Waals surface area contributed by atoms with Crippen molar-refractivity contribution >= 4 is 32.8 Å². The minimum absolute atomic E-state index is 0.747. The molecule has 1 N–H and O–H groups in total. The zero-order chi connectivity index (χ0) is 14.2. The monoisotopic (exact) mass is 342 g/mol. The van der Waals surface area contributed by atoms with Crippen LogP contribution in [0.25, 0.3) is 22.6 Å². The molecule has 3 aromatic rings. The van der Waals surface area contributed by atoms with Crippen LogP contribution in [0.4, 0.5) is 5.69 Å². The highest BCUT2D eigenvalue weighted by molar-refractivity contribution is 9.10. The third-order valence-corrected chi connectivity index (χ3v) is 4.35. The molecule has 0 aliphatic carbocycles. The molecular formula is C16H15BrN4. The second-order valence-corrected chi connectivity index (χ2v) is 6.27. The molecule has 0 amide bonds. The van der Waals surface area contributed by atoms with Gasteiger partial charge in [0.2, 0.25) is 0 Å². The fourth-order valence-corrected chi connectivity index (χ4v) is 3.15. The number of imidazole rings is 1. The summed E-state index contributed by atoms with van der Waals surface area (Å²) < 4.78 is 0.953. The lowest BCUT2D eigenvalue weighted by atomic mass is 10.2. The first-order valence-corrected chi connectivity index (χ1v) is 7.95. The van der Waals surface area contributed by atoms with Crippen molar-refractivity contribution in [1.29, 1.82) is 0 Å². The van der Waals surface area contributed by atoms with Crippen LogP contribution >= 0.6 is 15.9 Å². The van der Waals surface area contributed by atoms with E-state index in [9.17, 15) is 0 Å². The standard InChI is InChI=1S/C16H15BrN4/c17-12-9-14-16(18-10-12)20-15(19-14)11-3-5-13(6-4-11)21-7-1-2-8-21/h3-6,9-10H,1-2,7-8H2,(H,18,19,20). The van der Waals surface area contributed by atoms with E-state index >= 15 is 0 Å². The van der Waals surface area contributed by atoms with Gasteiger partial charge in [0.25, 0.3) is 0 Å². The molecule has 4 nitrogen and oxygen atoms in total. The Balaban J connectivity index is 1.67. The van der Waals surface area contributed by atoms with Gasteiger partial charge in [-0.1, -0.05) is 0 Å². The maximum absolute atomic E-state index is 4.55. The average molecular weight is 343 g/mol. The van der Waals surface area contributed by atoms with Gasteiger partial charge in [-0.15, -0.1) is 0 Å². The quantitative estimate of drug-likeness (QED) is 0.765. The Morgan fingerprint density at radius 1 is 1.10 bits per heavy atom. The predicted molar refractivity (Wildman–Crippen MR) is 88.5 cm³/mol. The molecule has 1 aliphatic heterocycles. The van der Waals surface area contributed by atoms with Crippen LogP contribution in [-0.4, -0.2) is 28.0 Å². The number of aromatic amines is 1. The Hall–Kier alpha value is -1.88. The van der Waals surface area contributed by atoms with Crippen molar-refractivity contribution in [3.05, 3.63) is 41.0 Å². The van der Waals surface area contributed by atoms with Gasteiger partial charge in [-0.25, -0.2) is 9.97 Å². The first kappa shape index (κ1) is 12.8. The SMILES string of the molecule is Brc1cnc2nc(-c3ccc(N4CCCC4)cc3)[nH]c2c1. The lowest BCUT2D eigenvalue weighted by molar-refractivity contribution is 0.949. The minimum Gasteiger partial charge on any atom is -0.372 e. The van der Waals surface area contributed by atoms with E-state index in [0.29, 0.717) is 0 Å². The summed E-state index contributed by atoms with van der Waals surface area (Å²) in [4.78, 5) is 14.6. The van der Waals surface area contributed by atoms with E-state index in [1.165, 1.54) is 31.6 Å². The number of benzene rings is 1. The third kappa shape index (κ3) is 2.42. The molecule has 2 aromatic heterocycles. The minimum atomic E-state index is 0.747. The van der Waals surface area contributed by atoms with E-state index in [2.05, 4.69) is 60.0 Å². The Bertz CT molecular complexity index is 773. The van der Waals surface area contributed by atoms with Gasteiger partial charge in [-0.2, -0.15) is 0 Å². The molecule has 5 heteroatoms. The second-order valence-electron chi connectivity index (χ2n) is 5.35. The fraction of sp³-hybridized carbons (Fsp3) is 0.250. The summed E-state index contributed by atoms with van der Waals surface area (Å²) in [6.07, 6.45) is 4.36. The summed E-state index contributed by atoms with van der Waals surface area (Å²) in [6, 6.07) is 10.6. The molecule has 0 spiro atoms. The second kappa shape index (κ2) is 5.15. The van der Waals surface area contributed by atoms with Crippen molar-refractivity contribution < 1.29 is 0 Å². The first-order valence-electron chi connectivity index (χ1n) is 7.16. The van der Waals surface area contributed by atoms with Gasteiger partial charge in [0, 0.05) is 35.0 Å². The highest BCUT2D eigenvalue weighted by Gasteiger charge is 2.12. The number of pyridine rings is 1. The van der Waals surface area contributed by atoms with Crippen LogP contribution in [-0.2, 0) is 0 Å². The molecule has 1 fully saturated rings. The Morgan fingerprint density at radius 2 is 1.86 bits per heavy atom.